The number of carbonyl (C=O) groups is 3. The molecule has 0 bridgehead atoms. The van der Waals surface area contributed by atoms with E-state index in [-0.39, 0.29) is 42.0 Å². The molecule has 2 atom stereocenters. The first-order valence-electron chi connectivity index (χ1n) is 15.9. The summed E-state index contributed by atoms with van der Waals surface area (Å²) in [5.41, 5.74) is 3.31. The fourth-order valence-corrected chi connectivity index (χ4v) is 6.96. The van der Waals surface area contributed by atoms with Crippen LogP contribution in [0.5, 0.6) is 0 Å². The maximum absolute atomic E-state index is 13.3. The summed E-state index contributed by atoms with van der Waals surface area (Å²) in [6, 6.07) is 12.6. The average molecular weight is 627 g/mol. The lowest BCUT2D eigenvalue weighted by Crippen LogP contribution is -2.45. The SMILES string of the molecule is CNC(=O)c1ccc2c(c1)CCc1cc(C(=O)NC)ccc1C2(C[C@@H](C)NCC(=O)N1CCCC1C#N)c1nn(C(C)C)c(=O)[nH]1. The van der Waals surface area contributed by atoms with Crippen LogP contribution >= 0.6 is 0 Å². The molecular formula is C34H42N8O4. The van der Waals surface area contributed by atoms with Crippen molar-refractivity contribution < 1.29 is 14.4 Å². The van der Waals surface area contributed by atoms with E-state index in [9.17, 15) is 24.4 Å². The van der Waals surface area contributed by atoms with Gasteiger partial charge in [0.05, 0.1) is 24.1 Å². The Balaban J connectivity index is 1.68. The largest absolute Gasteiger partial charge is 0.355 e. The molecule has 1 aliphatic heterocycles. The second-order valence-electron chi connectivity index (χ2n) is 12.5. The Morgan fingerprint density at radius 1 is 1.02 bits per heavy atom. The van der Waals surface area contributed by atoms with Gasteiger partial charge in [0, 0.05) is 37.8 Å². The van der Waals surface area contributed by atoms with E-state index < -0.39 is 11.5 Å². The van der Waals surface area contributed by atoms with Crippen molar-refractivity contribution in [2.75, 3.05) is 27.2 Å². The highest BCUT2D eigenvalue weighted by Gasteiger charge is 2.45. The number of nitriles is 1. The van der Waals surface area contributed by atoms with Crippen LogP contribution in [-0.2, 0) is 23.1 Å². The van der Waals surface area contributed by atoms with Crippen LogP contribution in [0.1, 0.15) is 94.9 Å². The predicted octanol–water partition coefficient (Wildman–Crippen LogP) is 2.19. The Kier molecular flexibility index (Phi) is 9.44. The van der Waals surface area contributed by atoms with Crippen LogP contribution in [0.2, 0.25) is 0 Å². The molecule has 4 N–H and O–H groups in total. The van der Waals surface area contributed by atoms with E-state index in [2.05, 4.69) is 27.0 Å². The summed E-state index contributed by atoms with van der Waals surface area (Å²) in [5, 5.41) is 23.2. The lowest BCUT2D eigenvalue weighted by atomic mass is 9.67. The third-order valence-corrected chi connectivity index (χ3v) is 9.24. The van der Waals surface area contributed by atoms with E-state index in [0.29, 0.717) is 49.2 Å². The van der Waals surface area contributed by atoms with Crippen molar-refractivity contribution in [1.29, 1.82) is 5.26 Å². The summed E-state index contributed by atoms with van der Waals surface area (Å²) < 4.78 is 1.43. The number of nitrogens with zero attached hydrogens (tertiary/aromatic N) is 4. The van der Waals surface area contributed by atoms with Crippen LogP contribution in [0.4, 0.5) is 0 Å². The number of aromatic nitrogens is 3. The maximum atomic E-state index is 13.3. The lowest BCUT2D eigenvalue weighted by molar-refractivity contribution is -0.130. The summed E-state index contributed by atoms with van der Waals surface area (Å²) in [6.45, 7) is 6.38. The van der Waals surface area contributed by atoms with Crippen molar-refractivity contribution in [3.8, 4) is 6.07 Å². The number of aromatic amines is 1. The molecular weight excluding hydrogens is 584 g/mol. The van der Waals surface area contributed by atoms with Crippen LogP contribution in [0.25, 0.3) is 0 Å². The molecule has 1 unspecified atom stereocenters. The number of carbonyl (C=O) groups excluding carboxylic acids is 3. The number of likely N-dealkylation sites (tertiary alicyclic amines) is 1. The minimum atomic E-state index is -1.01. The van der Waals surface area contributed by atoms with Gasteiger partial charge in [-0.1, -0.05) is 12.1 Å². The highest BCUT2D eigenvalue weighted by molar-refractivity contribution is 5.95. The predicted molar refractivity (Wildman–Crippen MR) is 173 cm³/mol. The molecule has 2 aliphatic rings. The normalized spacial score (nSPS) is 17.4. The zero-order valence-electron chi connectivity index (χ0n) is 27.1. The summed E-state index contributed by atoms with van der Waals surface area (Å²) in [7, 11) is 3.18. The van der Waals surface area contributed by atoms with E-state index in [1.54, 1.807) is 31.1 Å². The second-order valence-corrected chi connectivity index (χ2v) is 12.5. The number of rotatable bonds is 9. The molecule has 46 heavy (non-hydrogen) atoms. The number of fused-ring (bicyclic) bond motifs is 2. The zero-order valence-corrected chi connectivity index (χ0v) is 27.1. The molecule has 2 aromatic carbocycles. The fraction of sp³-hybridized carbons (Fsp3) is 0.471. The molecule has 5 rings (SSSR count). The second kappa shape index (κ2) is 13.3. The first-order chi connectivity index (χ1) is 22.0. The highest BCUT2D eigenvalue weighted by atomic mass is 16.2. The Morgan fingerprint density at radius 2 is 1.61 bits per heavy atom. The van der Waals surface area contributed by atoms with Gasteiger partial charge in [0.15, 0.2) is 0 Å². The smallest absolute Gasteiger partial charge is 0.343 e. The van der Waals surface area contributed by atoms with E-state index in [1.807, 2.05) is 45.0 Å². The third kappa shape index (κ3) is 5.95. The number of aryl methyl sites for hydroxylation is 2. The van der Waals surface area contributed by atoms with Gasteiger partial charge < -0.3 is 20.9 Å². The van der Waals surface area contributed by atoms with Crippen molar-refractivity contribution in [3.63, 3.8) is 0 Å². The van der Waals surface area contributed by atoms with Crippen molar-refractivity contribution >= 4 is 17.7 Å². The van der Waals surface area contributed by atoms with Crippen LogP contribution in [0.15, 0.2) is 41.2 Å². The lowest BCUT2D eigenvalue weighted by Gasteiger charge is -2.37. The molecule has 0 spiro atoms. The number of amides is 3. The monoisotopic (exact) mass is 626 g/mol. The summed E-state index contributed by atoms with van der Waals surface area (Å²) >= 11 is 0. The number of hydrogen-bond acceptors (Lipinski definition) is 7. The van der Waals surface area contributed by atoms with Crippen molar-refractivity contribution in [2.24, 2.45) is 0 Å². The molecule has 3 aromatic rings. The molecule has 1 aromatic heterocycles. The van der Waals surface area contributed by atoms with Gasteiger partial charge in [-0.05, 0) is 99.4 Å². The van der Waals surface area contributed by atoms with Crippen LogP contribution in [0, 0.1) is 11.3 Å². The standard InChI is InChI=1S/C34H42N8O4/c1-20(2)42-33(46)39-32(40-42)34(17-21(3)38-19-29(43)41-14-6-7-26(41)18-35)27-12-10-24(30(44)36-4)15-22(27)8-9-23-16-25(31(45)37-5)11-13-28(23)34/h10-13,15-16,20-21,26,38H,6-9,14,17,19H2,1-5H3,(H,36,44)(H,37,45)(H,39,40,46)/t21-,26?/m1/s1. The van der Waals surface area contributed by atoms with Gasteiger partial charge in [0.25, 0.3) is 11.8 Å². The molecule has 12 nitrogen and oxygen atoms in total. The van der Waals surface area contributed by atoms with E-state index in [0.717, 1.165) is 28.7 Å². The van der Waals surface area contributed by atoms with E-state index >= 15 is 0 Å². The van der Waals surface area contributed by atoms with Gasteiger partial charge >= 0.3 is 5.69 Å². The first kappa shape index (κ1) is 32.6. The molecule has 12 heteroatoms. The van der Waals surface area contributed by atoms with Crippen molar-refractivity contribution in [3.05, 3.63) is 86.1 Å². The summed E-state index contributed by atoms with van der Waals surface area (Å²) in [4.78, 5) is 56.6. The van der Waals surface area contributed by atoms with E-state index in [1.165, 1.54) is 4.68 Å². The maximum Gasteiger partial charge on any atom is 0.343 e. The van der Waals surface area contributed by atoms with Gasteiger partial charge in [0.2, 0.25) is 5.91 Å². The van der Waals surface area contributed by atoms with Crippen LogP contribution in [-0.4, -0.2) is 76.7 Å². The topological polar surface area (TPSA) is 165 Å². The Bertz CT molecular complexity index is 1680. The zero-order chi connectivity index (χ0) is 33.2. The number of H-pyrrole nitrogens is 1. The van der Waals surface area contributed by atoms with Gasteiger partial charge in [-0.2, -0.15) is 10.4 Å². The molecule has 1 saturated heterocycles. The summed E-state index contributed by atoms with van der Waals surface area (Å²) in [5.74, 6) is -0.101. The fourth-order valence-electron chi connectivity index (χ4n) is 6.96. The van der Waals surface area contributed by atoms with Gasteiger partial charge in [-0.15, -0.1) is 0 Å². The number of nitrogens with one attached hydrogen (secondary N) is 4. The Labute approximate surface area is 268 Å². The van der Waals surface area contributed by atoms with Gasteiger partial charge in [-0.25, -0.2) is 9.48 Å². The molecule has 3 amide bonds. The molecule has 0 saturated carbocycles. The third-order valence-electron chi connectivity index (χ3n) is 9.24. The Morgan fingerprint density at radius 3 is 2.11 bits per heavy atom. The molecule has 1 aliphatic carbocycles. The first-order valence-corrected chi connectivity index (χ1v) is 15.9. The van der Waals surface area contributed by atoms with Crippen LogP contribution < -0.4 is 21.6 Å². The van der Waals surface area contributed by atoms with Crippen molar-refractivity contribution in [2.45, 2.75) is 76.4 Å². The van der Waals surface area contributed by atoms with Gasteiger partial charge in [-0.3, -0.25) is 19.4 Å². The molecule has 0 radical (unpaired) electrons. The van der Waals surface area contributed by atoms with Crippen LogP contribution in [0.3, 0.4) is 0 Å². The highest BCUT2D eigenvalue weighted by Crippen LogP contribution is 2.47. The number of hydrogen-bond donors (Lipinski definition) is 4. The Hall–Kier alpha value is -4.76. The average Bonchev–Trinajstić information content (AvgIpc) is 3.68. The quantitative estimate of drug-likeness (QED) is 0.283. The number of benzene rings is 2. The minimum absolute atomic E-state index is 0.0529. The van der Waals surface area contributed by atoms with Crippen molar-refractivity contribution in [1.82, 2.24) is 35.6 Å². The summed E-state index contributed by atoms with van der Waals surface area (Å²) in [6.07, 6.45) is 3.05. The molecule has 2 heterocycles. The molecule has 1 fully saturated rings. The van der Waals surface area contributed by atoms with E-state index in [4.69, 9.17) is 5.10 Å². The van der Waals surface area contributed by atoms with Gasteiger partial charge in [0.1, 0.15) is 11.9 Å². The molecule has 242 valence electrons. The minimum Gasteiger partial charge on any atom is -0.355 e.